The van der Waals surface area contributed by atoms with Gasteiger partial charge >= 0.3 is 0 Å². The standard InChI is InChI=1S/C14H20Cl/c15-13-9-4-2-1-3-6-10-14-11-7-5-8-12-14/h5,7-8,11H,1-4,6,9-10,13H2. The highest BCUT2D eigenvalue weighted by atomic mass is 35.5. The number of alkyl halides is 1. The second-order valence-electron chi connectivity index (χ2n) is 3.95. The Hall–Kier alpha value is -0.490. The van der Waals surface area contributed by atoms with Crippen LogP contribution in [0.4, 0.5) is 0 Å². The first kappa shape index (κ1) is 12.6. The molecule has 0 saturated heterocycles. The summed E-state index contributed by atoms with van der Waals surface area (Å²) < 4.78 is 0. The number of rotatable bonds is 8. The van der Waals surface area contributed by atoms with Crippen LogP contribution in [0, 0.1) is 6.07 Å². The normalized spacial score (nSPS) is 10.5. The molecule has 0 atom stereocenters. The summed E-state index contributed by atoms with van der Waals surface area (Å²) >= 11 is 5.62. The number of benzene rings is 1. The SMILES string of the molecule is ClCCCCCCCCc1[c]cccc1. The molecule has 0 aliphatic carbocycles. The van der Waals surface area contributed by atoms with Gasteiger partial charge in [0.25, 0.3) is 0 Å². The lowest BCUT2D eigenvalue weighted by molar-refractivity contribution is 0.608. The van der Waals surface area contributed by atoms with Gasteiger partial charge in [-0.1, -0.05) is 49.9 Å². The van der Waals surface area contributed by atoms with Crippen molar-refractivity contribution in [3.63, 3.8) is 0 Å². The minimum Gasteiger partial charge on any atom is -0.127 e. The van der Waals surface area contributed by atoms with Gasteiger partial charge in [-0.2, -0.15) is 0 Å². The van der Waals surface area contributed by atoms with E-state index in [1.165, 1.54) is 50.5 Å². The average Bonchev–Trinajstić information content (AvgIpc) is 2.29. The van der Waals surface area contributed by atoms with Gasteiger partial charge in [0.15, 0.2) is 0 Å². The molecule has 0 spiro atoms. The summed E-state index contributed by atoms with van der Waals surface area (Å²) in [7, 11) is 0. The molecule has 0 unspecified atom stereocenters. The van der Waals surface area contributed by atoms with Gasteiger partial charge in [-0.25, -0.2) is 0 Å². The molecule has 15 heavy (non-hydrogen) atoms. The van der Waals surface area contributed by atoms with E-state index in [1.54, 1.807) is 0 Å². The first-order valence-electron chi connectivity index (χ1n) is 5.95. The third kappa shape index (κ3) is 6.57. The molecule has 0 N–H and O–H groups in total. The number of hydrogen-bond acceptors (Lipinski definition) is 0. The predicted octanol–water partition coefficient (Wildman–Crippen LogP) is 4.61. The van der Waals surface area contributed by atoms with E-state index in [1.807, 2.05) is 12.1 Å². The van der Waals surface area contributed by atoms with E-state index >= 15 is 0 Å². The van der Waals surface area contributed by atoms with Crippen molar-refractivity contribution in [1.82, 2.24) is 0 Å². The molecule has 0 aliphatic rings. The lowest BCUT2D eigenvalue weighted by atomic mass is 10.1. The molecule has 1 rings (SSSR count). The van der Waals surface area contributed by atoms with Crippen molar-refractivity contribution < 1.29 is 0 Å². The van der Waals surface area contributed by atoms with Crippen molar-refractivity contribution in [2.45, 2.75) is 44.9 Å². The van der Waals surface area contributed by atoms with Gasteiger partial charge in [0.1, 0.15) is 0 Å². The fourth-order valence-electron chi connectivity index (χ4n) is 1.70. The van der Waals surface area contributed by atoms with Gasteiger partial charge < -0.3 is 0 Å². The van der Waals surface area contributed by atoms with Crippen LogP contribution in [0.25, 0.3) is 0 Å². The fourth-order valence-corrected chi connectivity index (χ4v) is 1.89. The van der Waals surface area contributed by atoms with E-state index in [0.717, 1.165) is 5.88 Å². The van der Waals surface area contributed by atoms with Crippen molar-refractivity contribution in [3.05, 3.63) is 35.9 Å². The summed E-state index contributed by atoms with van der Waals surface area (Å²) in [6.45, 7) is 0. The molecule has 0 nitrogen and oxygen atoms in total. The largest absolute Gasteiger partial charge is 0.127 e. The van der Waals surface area contributed by atoms with E-state index < -0.39 is 0 Å². The minimum atomic E-state index is 0.818. The van der Waals surface area contributed by atoms with Crippen molar-refractivity contribution in [2.24, 2.45) is 0 Å². The van der Waals surface area contributed by atoms with Gasteiger partial charge in [0, 0.05) is 5.88 Å². The topological polar surface area (TPSA) is 0 Å². The van der Waals surface area contributed by atoms with E-state index in [9.17, 15) is 0 Å². The first-order chi connectivity index (χ1) is 7.43. The number of unbranched alkanes of at least 4 members (excludes halogenated alkanes) is 5. The second kappa shape index (κ2) is 8.79. The Bertz CT molecular complexity index is 230. The quantitative estimate of drug-likeness (QED) is 0.446. The molecular formula is C14H20Cl. The van der Waals surface area contributed by atoms with Crippen LogP contribution in [0.1, 0.15) is 44.1 Å². The number of aryl methyl sites for hydroxylation is 1. The van der Waals surface area contributed by atoms with Crippen molar-refractivity contribution >= 4 is 11.6 Å². The molecule has 0 amide bonds. The van der Waals surface area contributed by atoms with E-state index in [-0.39, 0.29) is 0 Å². The Labute approximate surface area is 98.7 Å². The van der Waals surface area contributed by atoms with Gasteiger partial charge in [0.05, 0.1) is 0 Å². The van der Waals surface area contributed by atoms with Gasteiger partial charge in [-0.3, -0.25) is 0 Å². The van der Waals surface area contributed by atoms with Crippen molar-refractivity contribution in [2.75, 3.05) is 5.88 Å². The molecule has 0 saturated carbocycles. The first-order valence-corrected chi connectivity index (χ1v) is 6.48. The van der Waals surface area contributed by atoms with Gasteiger partial charge in [0.2, 0.25) is 0 Å². The van der Waals surface area contributed by atoms with E-state index in [0.29, 0.717) is 0 Å². The smallest absolute Gasteiger partial charge is 0.0223 e. The third-order valence-corrected chi connectivity index (χ3v) is 2.87. The maximum absolute atomic E-state index is 5.62. The number of halogens is 1. The van der Waals surface area contributed by atoms with Crippen LogP contribution in [-0.2, 0) is 6.42 Å². The summed E-state index contributed by atoms with van der Waals surface area (Å²) in [6.07, 6.45) is 8.96. The number of hydrogen-bond donors (Lipinski definition) is 0. The highest BCUT2D eigenvalue weighted by molar-refractivity contribution is 6.17. The molecule has 0 bridgehead atoms. The lowest BCUT2D eigenvalue weighted by Crippen LogP contribution is -1.86. The van der Waals surface area contributed by atoms with Crippen LogP contribution in [0.5, 0.6) is 0 Å². The molecule has 1 heteroatoms. The molecular weight excluding hydrogens is 204 g/mol. The molecule has 1 aromatic carbocycles. The molecule has 0 fully saturated rings. The van der Waals surface area contributed by atoms with Crippen LogP contribution in [-0.4, -0.2) is 5.88 Å². The summed E-state index contributed by atoms with van der Waals surface area (Å²) in [5, 5.41) is 0. The van der Waals surface area contributed by atoms with Crippen LogP contribution in [0.2, 0.25) is 0 Å². The maximum Gasteiger partial charge on any atom is 0.0223 e. The van der Waals surface area contributed by atoms with Crippen LogP contribution in [0.15, 0.2) is 24.3 Å². The Balaban J connectivity index is 1.93. The Morgan fingerprint density at radius 2 is 1.67 bits per heavy atom. The van der Waals surface area contributed by atoms with Gasteiger partial charge in [-0.15, -0.1) is 11.6 Å². The van der Waals surface area contributed by atoms with E-state index in [4.69, 9.17) is 11.6 Å². The highest BCUT2D eigenvalue weighted by Gasteiger charge is 1.93. The zero-order valence-electron chi connectivity index (χ0n) is 9.34. The van der Waals surface area contributed by atoms with Crippen LogP contribution < -0.4 is 0 Å². The third-order valence-electron chi connectivity index (χ3n) is 2.60. The Morgan fingerprint density at radius 3 is 2.33 bits per heavy atom. The molecule has 0 aliphatic heterocycles. The second-order valence-corrected chi connectivity index (χ2v) is 4.33. The summed E-state index contributed by atoms with van der Waals surface area (Å²) in [6, 6.07) is 11.5. The van der Waals surface area contributed by atoms with Crippen molar-refractivity contribution in [1.29, 1.82) is 0 Å². The molecule has 83 valence electrons. The highest BCUT2D eigenvalue weighted by Crippen LogP contribution is 2.09. The van der Waals surface area contributed by atoms with Crippen LogP contribution >= 0.6 is 11.6 Å². The van der Waals surface area contributed by atoms with Crippen molar-refractivity contribution in [3.8, 4) is 0 Å². The maximum atomic E-state index is 5.62. The van der Waals surface area contributed by atoms with Gasteiger partial charge in [-0.05, 0) is 30.9 Å². The molecule has 0 aromatic heterocycles. The Morgan fingerprint density at radius 1 is 0.933 bits per heavy atom. The zero-order chi connectivity index (χ0) is 10.8. The predicted molar refractivity (Wildman–Crippen MR) is 67.4 cm³/mol. The fraction of sp³-hybridized carbons (Fsp3) is 0.571. The average molecular weight is 224 g/mol. The monoisotopic (exact) mass is 223 g/mol. The summed E-state index contributed by atoms with van der Waals surface area (Å²) in [5.74, 6) is 0.818. The zero-order valence-corrected chi connectivity index (χ0v) is 10.1. The van der Waals surface area contributed by atoms with Crippen LogP contribution in [0.3, 0.4) is 0 Å². The molecule has 1 aromatic rings. The lowest BCUT2D eigenvalue weighted by Gasteiger charge is -2.01. The van der Waals surface area contributed by atoms with E-state index in [2.05, 4.69) is 18.2 Å². The Kier molecular flexibility index (Phi) is 7.37. The molecule has 0 heterocycles. The summed E-state index contributed by atoms with van der Waals surface area (Å²) in [4.78, 5) is 0. The minimum absolute atomic E-state index is 0.818. The summed E-state index contributed by atoms with van der Waals surface area (Å²) in [5.41, 5.74) is 1.35. The molecule has 1 radical (unpaired) electrons.